The number of rotatable bonds is 2. The van der Waals surface area contributed by atoms with E-state index in [0.29, 0.717) is 11.6 Å². The topological polar surface area (TPSA) is 85.0 Å². The normalized spacial score (nSPS) is 10.9. The van der Waals surface area contributed by atoms with E-state index < -0.39 is 4.92 Å². The van der Waals surface area contributed by atoms with E-state index in [0.717, 1.165) is 15.5 Å². The lowest BCUT2D eigenvalue weighted by atomic mass is 10.3. The molecule has 7 heteroatoms. The van der Waals surface area contributed by atoms with Crippen molar-refractivity contribution in [3.63, 3.8) is 0 Å². The zero-order valence-corrected chi connectivity index (χ0v) is 10.5. The smallest absolute Gasteiger partial charge is 0.397 e. The lowest BCUT2D eigenvalue weighted by Crippen LogP contribution is -1.83. The van der Waals surface area contributed by atoms with Crippen LogP contribution >= 0.6 is 15.9 Å². The maximum absolute atomic E-state index is 10.5. The van der Waals surface area contributed by atoms with E-state index in [1.165, 1.54) is 12.1 Å². The highest BCUT2D eigenvalue weighted by Gasteiger charge is 2.15. The van der Waals surface area contributed by atoms with Crippen molar-refractivity contribution in [2.24, 2.45) is 0 Å². The van der Waals surface area contributed by atoms with Crippen molar-refractivity contribution in [3.8, 4) is 11.6 Å². The van der Waals surface area contributed by atoms with Crippen molar-refractivity contribution in [1.29, 1.82) is 0 Å². The third-order valence-electron chi connectivity index (χ3n) is 2.45. The summed E-state index contributed by atoms with van der Waals surface area (Å²) in [6.07, 6.45) is 0. The number of hydrogen-bond donors (Lipinski definition) is 1. The molecule has 3 aromatic rings. The molecule has 1 N–H and O–H groups in total. The van der Waals surface area contributed by atoms with E-state index in [2.05, 4.69) is 25.9 Å². The van der Waals surface area contributed by atoms with Crippen LogP contribution in [0.15, 0.2) is 39.2 Å². The lowest BCUT2D eigenvalue weighted by molar-refractivity contribution is -0.401. The number of hydrogen-bond acceptors (Lipinski definition) is 4. The van der Waals surface area contributed by atoms with Gasteiger partial charge in [0.05, 0.1) is 17.1 Å². The van der Waals surface area contributed by atoms with E-state index in [1.54, 1.807) is 0 Å². The van der Waals surface area contributed by atoms with E-state index >= 15 is 0 Å². The second-order valence-electron chi connectivity index (χ2n) is 3.64. The summed E-state index contributed by atoms with van der Waals surface area (Å²) in [6, 6.07) is 8.42. The summed E-state index contributed by atoms with van der Waals surface area (Å²) >= 11 is 3.36. The number of aromatic amines is 1. The van der Waals surface area contributed by atoms with Gasteiger partial charge in [0.15, 0.2) is 11.6 Å². The van der Waals surface area contributed by atoms with Crippen LogP contribution in [0, 0.1) is 10.1 Å². The predicted molar refractivity (Wildman–Crippen MR) is 68.2 cm³/mol. The number of imidazole rings is 1. The van der Waals surface area contributed by atoms with Crippen LogP contribution in [0.25, 0.3) is 22.6 Å². The molecule has 0 aliphatic rings. The molecule has 2 heterocycles. The molecule has 0 aliphatic carbocycles. The molecule has 0 radical (unpaired) electrons. The number of halogens is 1. The van der Waals surface area contributed by atoms with Crippen molar-refractivity contribution in [2.45, 2.75) is 0 Å². The third-order valence-corrected chi connectivity index (χ3v) is 2.94. The molecule has 6 nitrogen and oxygen atoms in total. The first-order valence-corrected chi connectivity index (χ1v) is 5.82. The molecule has 2 aromatic heterocycles. The van der Waals surface area contributed by atoms with Crippen molar-refractivity contribution >= 4 is 32.8 Å². The van der Waals surface area contributed by atoms with Crippen LogP contribution in [-0.2, 0) is 0 Å². The molecule has 0 saturated heterocycles. The number of H-pyrrole nitrogens is 1. The second-order valence-corrected chi connectivity index (χ2v) is 4.56. The molecule has 0 amide bonds. The van der Waals surface area contributed by atoms with E-state index in [9.17, 15) is 10.1 Å². The molecular weight excluding hydrogens is 302 g/mol. The molecular formula is C11H6BrN3O3. The molecule has 1 aromatic carbocycles. The van der Waals surface area contributed by atoms with E-state index in [-0.39, 0.29) is 5.88 Å². The highest BCUT2D eigenvalue weighted by atomic mass is 79.9. The van der Waals surface area contributed by atoms with Gasteiger partial charge in [0.1, 0.15) is 4.92 Å². The molecule has 3 rings (SSSR count). The van der Waals surface area contributed by atoms with Crippen molar-refractivity contribution in [3.05, 3.63) is 44.9 Å². The summed E-state index contributed by atoms with van der Waals surface area (Å²) in [5.74, 6) is 0.511. The van der Waals surface area contributed by atoms with Crippen LogP contribution in [0.3, 0.4) is 0 Å². The van der Waals surface area contributed by atoms with E-state index in [1.807, 2.05) is 18.2 Å². The van der Waals surface area contributed by atoms with Crippen LogP contribution in [0.5, 0.6) is 0 Å². The predicted octanol–water partition coefficient (Wildman–Crippen LogP) is 3.49. The summed E-state index contributed by atoms with van der Waals surface area (Å²) in [5, 5.41) is 10.5. The number of aromatic nitrogens is 2. The standard InChI is InChI=1S/C11H6BrN3O3/c12-6-1-2-7-8(5-6)14-11(13-7)9-3-4-10(18-9)15(16)17/h1-5H,(H,13,14). The molecule has 0 spiro atoms. The van der Waals surface area contributed by atoms with Gasteiger partial charge in [-0.25, -0.2) is 4.98 Å². The third kappa shape index (κ3) is 1.78. The van der Waals surface area contributed by atoms with Crippen LogP contribution in [-0.4, -0.2) is 14.9 Å². The zero-order chi connectivity index (χ0) is 12.7. The molecule has 0 aliphatic heterocycles. The van der Waals surface area contributed by atoms with Crippen LogP contribution < -0.4 is 0 Å². The molecule has 18 heavy (non-hydrogen) atoms. The minimum atomic E-state index is -0.581. The lowest BCUT2D eigenvalue weighted by Gasteiger charge is -1.88. The number of nitrogens with zero attached hydrogens (tertiary/aromatic N) is 2. The number of nitrogens with one attached hydrogen (secondary N) is 1. The SMILES string of the molecule is O=[N+]([O-])c1ccc(-c2nc3ccc(Br)cc3[nH]2)o1. The molecule has 0 atom stereocenters. The highest BCUT2D eigenvalue weighted by molar-refractivity contribution is 9.10. The molecule has 0 unspecified atom stereocenters. The van der Waals surface area contributed by atoms with E-state index in [4.69, 9.17) is 4.42 Å². The fourth-order valence-corrected chi connectivity index (χ4v) is 2.01. The Hall–Kier alpha value is -2.15. The average molecular weight is 308 g/mol. The van der Waals surface area contributed by atoms with Gasteiger partial charge >= 0.3 is 5.88 Å². The summed E-state index contributed by atoms with van der Waals surface area (Å²) in [7, 11) is 0. The quantitative estimate of drug-likeness (QED) is 0.580. The van der Waals surface area contributed by atoms with Crippen molar-refractivity contribution in [1.82, 2.24) is 9.97 Å². The van der Waals surface area contributed by atoms with Crippen molar-refractivity contribution < 1.29 is 9.34 Å². The minimum absolute atomic E-state index is 0.299. The van der Waals surface area contributed by atoms with Gasteiger partial charge in [-0.05, 0) is 24.3 Å². The Labute approximate surface area is 109 Å². The van der Waals surface area contributed by atoms with Crippen molar-refractivity contribution in [2.75, 3.05) is 0 Å². The highest BCUT2D eigenvalue weighted by Crippen LogP contribution is 2.26. The first-order chi connectivity index (χ1) is 8.63. The number of benzene rings is 1. The Kier molecular flexibility index (Phi) is 2.41. The molecule has 0 saturated carbocycles. The first-order valence-electron chi connectivity index (χ1n) is 5.03. The zero-order valence-electron chi connectivity index (χ0n) is 8.88. The second kappa shape index (κ2) is 3.95. The van der Waals surface area contributed by atoms with Gasteiger partial charge in [-0.3, -0.25) is 10.1 Å². The number of fused-ring (bicyclic) bond motifs is 1. The minimum Gasteiger partial charge on any atom is -0.397 e. The molecule has 0 bridgehead atoms. The Morgan fingerprint density at radius 2 is 2.17 bits per heavy atom. The van der Waals surface area contributed by atoms with Crippen LogP contribution in [0.4, 0.5) is 5.88 Å². The van der Waals surface area contributed by atoms with Gasteiger partial charge < -0.3 is 9.40 Å². The molecule has 90 valence electrons. The monoisotopic (exact) mass is 307 g/mol. The van der Waals surface area contributed by atoms with Gasteiger partial charge in [0.2, 0.25) is 0 Å². The summed E-state index contributed by atoms with van der Waals surface area (Å²) in [6.45, 7) is 0. The Morgan fingerprint density at radius 1 is 1.33 bits per heavy atom. The Morgan fingerprint density at radius 3 is 2.89 bits per heavy atom. The first kappa shape index (κ1) is 11.0. The van der Waals surface area contributed by atoms with Gasteiger partial charge in [-0.2, -0.15) is 0 Å². The number of nitro groups is 1. The van der Waals surface area contributed by atoms with Crippen LogP contribution in [0.2, 0.25) is 0 Å². The summed E-state index contributed by atoms with van der Waals surface area (Å²) in [4.78, 5) is 17.3. The van der Waals surface area contributed by atoms with Gasteiger partial charge in [0.25, 0.3) is 0 Å². The Bertz CT molecular complexity index is 747. The fraction of sp³-hybridized carbons (Fsp3) is 0. The Balaban J connectivity index is 2.10. The fourth-order valence-electron chi connectivity index (χ4n) is 1.65. The summed E-state index contributed by atoms with van der Waals surface area (Å²) < 4.78 is 6.01. The maximum atomic E-state index is 10.5. The number of furan rings is 1. The van der Waals surface area contributed by atoms with Gasteiger partial charge in [0, 0.05) is 4.47 Å². The van der Waals surface area contributed by atoms with Gasteiger partial charge in [-0.1, -0.05) is 15.9 Å². The summed E-state index contributed by atoms with van der Waals surface area (Å²) in [5.41, 5.74) is 1.60. The largest absolute Gasteiger partial charge is 0.433 e. The average Bonchev–Trinajstić information content (AvgIpc) is 2.93. The van der Waals surface area contributed by atoms with Crippen LogP contribution in [0.1, 0.15) is 0 Å². The molecule has 0 fully saturated rings. The van der Waals surface area contributed by atoms with Gasteiger partial charge in [-0.15, -0.1) is 0 Å². The maximum Gasteiger partial charge on any atom is 0.433 e.